The van der Waals surface area contributed by atoms with E-state index in [1.54, 1.807) is 37.5 Å². The van der Waals surface area contributed by atoms with Crippen molar-refractivity contribution >= 4 is 35.0 Å². The van der Waals surface area contributed by atoms with Crippen molar-refractivity contribution in [3.63, 3.8) is 0 Å². The highest BCUT2D eigenvalue weighted by Gasteiger charge is 2.33. The molecule has 1 saturated heterocycles. The Kier molecular flexibility index (Phi) is 9.17. The minimum absolute atomic E-state index is 0.0477. The second-order valence-corrected chi connectivity index (χ2v) is 8.94. The summed E-state index contributed by atoms with van der Waals surface area (Å²) < 4.78 is 5.32. The zero-order chi connectivity index (χ0) is 26.1. The van der Waals surface area contributed by atoms with E-state index >= 15 is 0 Å². The van der Waals surface area contributed by atoms with Crippen LogP contribution in [0.3, 0.4) is 0 Å². The second-order valence-electron chi connectivity index (χ2n) is 8.94. The number of aromatic nitrogens is 2. The maximum atomic E-state index is 12.7. The van der Waals surface area contributed by atoms with Crippen molar-refractivity contribution < 1.29 is 14.0 Å². The number of rotatable bonds is 5. The molecule has 2 amide bonds. The van der Waals surface area contributed by atoms with E-state index in [2.05, 4.69) is 35.7 Å². The summed E-state index contributed by atoms with van der Waals surface area (Å²) in [5.74, 6) is 0.136. The Bertz CT molecular complexity index is 1330. The molecule has 1 aliphatic rings. The number of fused-ring (bicyclic) bond motifs is 1. The number of carbonyl (C=O) groups excluding carboxylic acids is 2. The minimum atomic E-state index is -0.225. The van der Waals surface area contributed by atoms with Crippen LogP contribution in [0.25, 0.3) is 23.2 Å². The fourth-order valence-electron chi connectivity index (χ4n) is 4.52. The maximum Gasteiger partial charge on any atom is 0.286 e. The summed E-state index contributed by atoms with van der Waals surface area (Å²) in [7, 11) is 1.57. The molecule has 190 valence electrons. The lowest BCUT2D eigenvalue weighted by molar-refractivity contribution is 0.0552. The van der Waals surface area contributed by atoms with Gasteiger partial charge >= 0.3 is 0 Å². The first-order chi connectivity index (χ1) is 17.4. The van der Waals surface area contributed by atoms with E-state index in [9.17, 15) is 9.59 Å². The van der Waals surface area contributed by atoms with Crippen LogP contribution in [0, 0.1) is 5.41 Å². The monoisotopic (exact) mass is 488 g/mol. The standard InChI is InChI=1S/C18H23N3O.C11H13NO2/c1-3-18(4-2)9-12-21(13-10-18)17(22)16-8-7-14-15(20-16)6-5-11-19-14;1-4-6-8-7-10(11(13)12-3)14-9(8)5-2/h5-8,11H,3-4,9-10,12-13H2,1-2H3;4-7H,1H2,2-3H3,(H,12,13)/b;8-6-,9-5+. The minimum Gasteiger partial charge on any atom is -0.451 e. The van der Waals surface area contributed by atoms with Crippen molar-refractivity contribution in [1.29, 1.82) is 0 Å². The Labute approximate surface area is 212 Å². The average molecular weight is 489 g/mol. The Balaban J connectivity index is 0.000000223. The van der Waals surface area contributed by atoms with Crippen LogP contribution >= 0.6 is 0 Å². The SMILES string of the molecule is C=C/C=c1/cc(C(=O)NC)o/c1=C/C.CCC1(CC)CCN(C(=O)c2ccc3ncccc3n2)CC1. The zero-order valence-electron chi connectivity index (χ0n) is 21.7. The third-order valence-electron chi connectivity index (χ3n) is 7.09. The molecule has 0 spiro atoms. The van der Waals surface area contributed by atoms with Gasteiger partial charge in [-0.05, 0) is 61.6 Å². The van der Waals surface area contributed by atoms with E-state index in [-0.39, 0.29) is 11.8 Å². The van der Waals surface area contributed by atoms with E-state index in [1.807, 2.05) is 36.1 Å². The number of nitrogens with one attached hydrogen (secondary N) is 1. The van der Waals surface area contributed by atoms with Gasteiger partial charge < -0.3 is 14.6 Å². The fourth-order valence-corrected chi connectivity index (χ4v) is 4.52. The molecular weight excluding hydrogens is 452 g/mol. The van der Waals surface area contributed by atoms with E-state index < -0.39 is 0 Å². The molecule has 0 bridgehead atoms. The molecule has 7 heteroatoms. The van der Waals surface area contributed by atoms with Crippen molar-refractivity contribution in [2.75, 3.05) is 20.1 Å². The van der Waals surface area contributed by atoms with Crippen LogP contribution in [0.4, 0.5) is 0 Å². The van der Waals surface area contributed by atoms with Crippen molar-refractivity contribution in [3.8, 4) is 0 Å². The highest BCUT2D eigenvalue weighted by atomic mass is 16.3. The molecule has 4 heterocycles. The number of furan rings is 1. The summed E-state index contributed by atoms with van der Waals surface area (Å²) >= 11 is 0. The van der Waals surface area contributed by atoms with Crippen LogP contribution in [0.5, 0.6) is 0 Å². The van der Waals surface area contributed by atoms with Gasteiger partial charge in [0, 0.05) is 31.6 Å². The molecule has 1 fully saturated rings. The van der Waals surface area contributed by atoms with Crippen LogP contribution in [0.1, 0.15) is 67.5 Å². The van der Waals surface area contributed by atoms with Crippen molar-refractivity contribution in [1.82, 2.24) is 20.2 Å². The van der Waals surface area contributed by atoms with E-state index in [1.165, 1.54) is 12.8 Å². The first-order valence-corrected chi connectivity index (χ1v) is 12.5. The Morgan fingerprint density at radius 2 is 1.89 bits per heavy atom. The van der Waals surface area contributed by atoms with Gasteiger partial charge in [-0.3, -0.25) is 14.6 Å². The molecule has 1 N–H and O–H groups in total. The average Bonchev–Trinajstić information content (AvgIpc) is 3.35. The van der Waals surface area contributed by atoms with Gasteiger partial charge in [-0.15, -0.1) is 0 Å². The number of amides is 2. The van der Waals surface area contributed by atoms with Crippen LogP contribution in [0.2, 0.25) is 0 Å². The topological polar surface area (TPSA) is 88.3 Å². The number of hydrogen-bond acceptors (Lipinski definition) is 5. The van der Waals surface area contributed by atoms with E-state index in [0.29, 0.717) is 22.3 Å². The number of nitrogens with zero attached hydrogens (tertiary/aromatic N) is 3. The van der Waals surface area contributed by atoms with Crippen molar-refractivity contribution in [2.24, 2.45) is 5.41 Å². The highest BCUT2D eigenvalue weighted by molar-refractivity contribution is 5.94. The normalized spacial score (nSPS) is 15.8. The summed E-state index contributed by atoms with van der Waals surface area (Å²) in [5, 5.41) is 3.36. The first-order valence-electron chi connectivity index (χ1n) is 12.5. The lowest BCUT2D eigenvalue weighted by Gasteiger charge is -2.40. The second kappa shape index (κ2) is 12.3. The van der Waals surface area contributed by atoms with Gasteiger partial charge in [-0.1, -0.05) is 45.4 Å². The molecule has 36 heavy (non-hydrogen) atoms. The fraction of sp³-hybridized carbons (Fsp3) is 0.379. The van der Waals surface area contributed by atoms with Crippen LogP contribution in [-0.2, 0) is 0 Å². The Morgan fingerprint density at radius 1 is 1.17 bits per heavy atom. The zero-order valence-corrected chi connectivity index (χ0v) is 21.7. The van der Waals surface area contributed by atoms with Crippen LogP contribution in [-0.4, -0.2) is 46.8 Å². The molecule has 0 atom stereocenters. The number of piperidine rings is 1. The molecule has 0 aromatic carbocycles. The molecule has 3 aromatic rings. The maximum absolute atomic E-state index is 12.7. The molecule has 0 aliphatic carbocycles. The van der Waals surface area contributed by atoms with Gasteiger partial charge in [0.15, 0.2) is 5.76 Å². The third kappa shape index (κ3) is 6.08. The summed E-state index contributed by atoms with van der Waals surface area (Å²) in [6.07, 6.45) is 11.6. The summed E-state index contributed by atoms with van der Waals surface area (Å²) in [5.41, 5.74) is 3.25. The van der Waals surface area contributed by atoms with Gasteiger partial charge in [0.1, 0.15) is 11.1 Å². The van der Waals surface area contributed by atoms with Gasteiger partial charge in [0.25, 0.3) is 11.8 Å². The van der Waals surface area contributed by atoms with E-state index in [0.717, 1.165) is 42.2 Å². The lowest BCUT2D eigenvalue weighted by atomic mass is 9.74. The molecule has 3 aromatic heterocycles. The number of likely N-dealkylation sites (tertiary alicyclic amines) is 1. The van der Waals surface area contributed by atoms with Gasteiger partial charge in [-0.2, -0.15) is 0 Å². The van der Waals surface area contributed by atoms with Crippen molar-refractivity contribution in [2.45, 2.75) is 46.5 Å². The molecule has 7 nitrogen and oxygen atoms in total. The molecule has 4 rings (SSSR count). The summed E-state index contributed by atoms with van der Waals surface area (Å²) in [6, 6.07) is 9.10. The Hall–Kier alpha value is -3.74. The molecular formula is C29H36N4O3. The number of carbonyl (C=O) groups is 2. The summed E-state index contributed by atoms with van der Waals surface area (Å²) in [6.45, 7) is 11.7. The smallest absolute Gasteiger partial charge is 0.286 e. The molecule has 0 radical (unpaired) electrons. The number of hydrogen-bond donors (Lipinski definition) is 1. The first kappa shape index (κ1) is 26.9. The van der Waals surface area contributed by atoms with Gasteiger partial charge in [0.05, 0.1) is 11.0 Å². The van der Waals surface area contributed by atoms with Crippen molar-refractivity contribution in [3.05, 3.63) is 71.3 Å². The number of allylic oxidation sites excluding steroid dienone is 1. The predicted molar refractivity (Wildman–Crippen MR) is 144 cm³/mol. The summed E-state index contributed by atoms with van der Waals surface area (Å²) in [4.78, 5) is 34.6. The van der Waals surface area contributed by atoms with Crippen LogP contribution in [0.15, 0.2) is 53.6 Å². The predicted octanol–water partition coefficient (Wildman–Crippen LogP) is 4.08. The van der Waals surface area contributed by atoms with Gasteiger partial charge in [0.2, 0.25) is 0 Å². The van der Waals surface area contributed by atoms with Gasteiger partial charge in [-0.25, -0.2) is 4.98 Å². The number of pyridine rings is 2. The van der Waals surface area contributed by atoms with Crippen LogP contribution < -0.4 is 16.0 Å². The van der Waals surface area contributed by atoms with E-state index in [4.69, 9.17) is 4.42 Å². The molecule has 1 aliphatic heterocycles. The Morgan fingerprint density at radius 3 is 2.50 bits per heavy atom. The largest absolute Gasteiger partial charge is 0.451 e. The molecule has 0 unspecified atom stereocenters. The highest BCUT2D eigenvalue weighted by Crippen LogP contribution is 2.38. The third-order valence-corrected chi connectivity index (χ3v) is 7.09. The quantitative estimate of drug-likeness (QED) is 0.585. The molecule has 0 saturated carbocycles. The lowest BCUT2D eigenvalue weighted by Crippen LogP contribution is -2.43.